The highest BCUT2D eigenvalue weighted by molar-refractivity contribution is 5.92. The third-order valence-corrected chi connectivity index (χ3v) is 2.02. The van der Waals surface area contributed by atoms with Gasteiger partial charge in [0.15, 0.2) is 6.29 Å². The van der Waals surface area contributed by atoms with Crippen molar-refractivity contribution in [2.75, 3.05) is 26.1 Å². The molecule has 0 aromatic carbocycles. The van der Waals surface area contributed by atoms with E-state index in [0.29, 0.717) is 17.9 Å². The van der Waals surface area contributed by atoms with Crippen molar-refractivity contribution in [1.82, 2.24) is 4.98 Å². The van der Waals surface area contributed by atoms with Gasteiger partial charge in [-0.25, -0.2) is 4.98 Å². The Balaban J connectivity index is 2.52. The lowest BCUT2D eigenvalue weighted by Gasteiger charge is -2.14. The molecule has 0 saturated carbocycles. The number of carbonyl (C=O) groups excluding carboxylic acids is 1. The first-order valence-corrected chi connectivity index (χ1v) is 4.72. The molecule has 88 valence electrons. The van der Waals surface area contributed by atoms with Crippen LogP contribution in [-0.2, 0) is 9.47 Å². The molecule has 6 heteroatoms. The van der Waals surface area contributed by atoms with Crippen LogP contribution in [0.1, 0.15) is 10.4 Å². The van der Waals surface area contributed by atoms with E-state index in [0.717, 1.165) is 0 Å². The zero-order valence-corrected chi connectivity index (χ0v) is 9.27. The van der Waals surface area contributed by atoms with Gasteiger partial charge in [0, 0.05) is 20.4 Å². The zero-order valence-electron chi connectivity index (χ0n) is 9.27. The van der Waals surface area contributed by atoms with Crippen molar-refractivity contribution in [3.05, 3.63) is 23.9 Å². The molecule has 3 N–H and O–H groups in total. The van der Waals surface area contributed by atoms with E-state index in [1.165, 1.54) is 6.20 Å². The molecule has 16 heavy (non-hydrogen) atoms. The summed E-state index contributed by atoms with van der Waals surface area (Å²) in [5.41, 5.74) is 5.47. The fourth-order valence-electron chi connectivity index (χ4n) is 1.09. The fraction of sp³-hybridized carbons (Fsp3) is 0.400. The molecule has 1 amide bonds. The number of pyridine rings is 1. The van der Waals surface area contributed by atoms with E-state index in [-0.39, 0.29) is 6.29 Å². The van der Waals surface area contributed by atoms with Crippen LogP contribution in [0.4, 0.5) is 5.82 Å². The number of hydrogen-bond donors (Lipinski definition) is 2. The van der Waals surface area contributed by atoms with E-state index in [1.54, 1.807) is 26.4 Å². The maximum Gasteiger partial charge on any atom is 0.250 e. The van der Waals surface area contributed by atoms with Crippen LogP contribution in [0.25, 0.3) is 0 Å². The van der Waals surface area contributed by atoms with E-state index in [9.17, 15) is 4.79 Å². The van der Waals surface area contributed by atoms with E-state index >= 15 is 0 Å². The predicted molar refractivity (Wildman–Crippen MR) is 59.1 cm³/mol. The van der Waals surface area contributed by atoms with Crippen LogP contribution < -0.4 is 11.1 Å². The molecule has 0 spiro atoms. The molecule has 6 nitrogen and oxygen atoms in total. The second kappa shape index (κ2) is 6.04. The number of rotatable bonds is 6. The van der Waals surface area contributed by atoms with Crippen LogP contribution in [0.2, 0.25) is 0 Å². The van der Waals surface area contributed by atoms with Crippen molar-refractivity contribution < 1.29 is 14.3 Å². The zero-order chi connectivity index (χ0) is 12.0. The van der Waals surface area contributed by atoms with Crippen molar-refractivity contribution in [3.63, 3.8) is 0 Å². The van der Waals surface area contributed by atoms with E-state index < -0.39 is 5.91 Å². The number of nitrogens with one attached hydrogen (secondary N) is 1. The van der Waals surface area contributed by atoms with Crippen molar-refractivity contribution in [3.8, 4) is 0 Å². The minimum atomic E-state index is -0.495. The summed E-state index contributed by atoms with van der Waals surface area (Å²) < 4.78 is 9.99. The summed E-state index contributed by atoms with van der Waals surface area (Å²) >= 11 is 0. The number of nitrogens with two attached hydrogens (primary N) is 1. The van der Waals surface area contributed by atoms with E-state index in [1.807, 2.05) is 0 Å². The number of primary amides is 1. The minimum Gasteiger partial charge on any atom is -0.366 e. The average Bonchev–Trinajstić information content (AvgIpc) is 2.31. The third kappa shape index (κ3) is 3.48. The number of methoxy groups -OCH3 is 2. The number of anilines is 1. The Hall–Kier alpha value is -1.66. The Kier molecular flexibility index (Phi) is 4.68. The first-order valence-electron chi connectivity index (χ1n) is 4.72. The van der Waals surface area contributed by atoms with Gasteiger partial charge in [0.25, 0.3) is 0 Å². The fourth-order valence-corrected chi connectivity index (χ4v) is 1.09. The molecule has 1 aromatic heterocycles. The van der Waals surface area contributed by atoms with Crippen LogP contribution in [0, 0.1) is 0 Å². The van der Waals surface area contributed by atoms with Crippen LogP contribution in [0.5, 0.6) is 0 Å². The molecule has 1 rings (SSSR count). The second-order valence-electron chi connectivity index (χ2n) is 3.08. The normalized spacial score (nSPS) is 10.4. The smallest absolute Gasteiger partial charge is 0.250 e. The lowest BCUT2D eigenvalue weighted by Crippen LogP contribution is -2.24. The Bertz CT molecular complexity index is 336. The molecular weight excluding hydrogens is 210 g/mol. The molecule has 0 aliphatic heterocycles. The molecule has 0 aliphatic rings. The van der Waals surface area contributed by atoms with Gasteiger partial charge in [-0.1, -0.05) is 0 Å². The van der Waals surface area contributed by atoms with Crippen molar-refractivity contribution in [2.45, 2.75) is 6.29 Å². The SMILES string of the molecule is COC(CNc1ccc(C(N)=O)cn1)OC. The van der Waals surface area contributed by atoms with E-state index in [4.69, 9.17) is 15.2 Å². The lowest BCUT2D eigenvalue weighted by atomic mass is 10.3. The summed E-state index contributed by atoms with van der Waals surface area (Å²) in [4.78, 5) is 14.8. The number of ether oxygens (including phenoxy) is 2. The number of carbonyl (C=O) groups is 1. The highest BCUT2D eigenvalue weighted by Gasteiger charge is 2.05. The summed E-state index contributed by atoms with van der Waals surface area (Å²) in [5.74, 6) is 0.134. The highest BCUT2D eigenvalue weighted by Crippen LogP contribution is 2.05. The Labute approximate surface area is 93.8 Å². The van der Waals surface area contributed by atoms with Gasteiger partial charge >= 0.3 is 0 Å². The maximum atomic E-state index is 10.8. The van der Waals surface area contributed by atoms with Crippen LogP contribution >= 0.6 is 0 Å². The monoisotopic (exact) mass is 225 g/mol. The van der Waals surface area contributed by atoms with Crippen LogP contribution in [-0.4, -0.2) is 37.9 Å². The van der Waals surface area contributed by atoms with E-state index in [2.05, 4.69) is 10.3 Å². The Morgan fingerprint density at radius 3 is 2.62 bits per heavy atom. The summed E-state index contributed by atoms with van der Waals surface area (Å²) in [6, 6.07) is 3.27. The summed E-state index contributed by atoms with van der Waals surface area (Å²) in [7, 11) is 3.11. The predicted octanol–water partition coefficient (Wildman–Crippen LogP) is 0.211. The highest BCUT2D eigenvalue weighted by atomic mass is 16.7. The molecule has 1 heterocycles. The quantitative estimate of drug-likeness (QED) is 0.676. The van der Waals surface area contributed by atoms with Gasteiger partial charge < -0.3 is 20.5 Å². The number of aromatic nitrogens is 1. The molecular formula is C10H15N3O3. The van der Waals surface area contributed by atoms with Crippen molar-refractivity contribution in [1.29, 1.82) is 0 Å². The lowest BCUT2D eigenvalue weighted by molar-refractivity contribution is -0.0914. The molecule has 0 radical (unpaired) electrons. The largest absolute Gasteiger partial charge is 0.366 e. The first-order chi connectivity index (χ1) is 7.67. The van der Waals surface area contributed by atoms with Gasteiger partial charge in [0.1, 0.15) is 5.82 Å². The molecule has 0 atom stereocenters. The van der Waals surface area contributed by atoms with Crippen LogP contribution in [0.15, 0.2) is 18.3 Å². The first kappa shape index (κ1) is 12.4. The molecule has 0 aliphatic carbocycles. The summed E-state index contributed by atoms with van der Waals surface area (Å²) in [6.45, 7) is 0.468. The second-order valence-corrected chi connectivity index (χ2v) is 3.08. The third-order valence-electron chi connectivity index (χ3n) is 2.02. The molecule has 0 bridgehead atoms. The average molecular weight is 225 g/mol. The number of hydrogen-bond acceptors (Lipinski definition) is 5. The summed E-state index contributed by atoms with van der Waals surface area (Å²) in [5, 5.41) is 3.00. The maximum absolute atomic E-state index is 10.8. The molecule has 0 fully saturated rings. The van der Waals surface area contributed by atoms with Gasteiger partial charge in [-0.15, -0.1) is 0 Å². The van der Waals surface area contributed by atoms with Gasteiger partial charge in [0.2, 0.25) is 5.91 Å². The van der Waals surface area contributed by atoms with Crippen molar-refractivity contribution >= 4 is 11.7 Å². The Morgan fingerprint density at radius 1 is 1.50 bits per heavy atom. The molecule has 1 aromatic rings. The Morgan fingerprint density at radius 2 is 2.19 bits per heavy atom. The van der Waals surface area contributed by atoms with Crippen LogP contribution in [0.3, 0.4) is 0 Å². The standard InChI is InChI=1S/C10H15N3O3/c1-15-9(16-2)6-13-8-4-3-7(5-12-8)10(11)14/h3-5,9H,6H2,1-2H3,(H2,11,14)(H,12,13). The molecule has 0 unspecified atom stereocenters. The van der Waals surface area contributed by atoms with Gasteiger partial charge in [-0.05, 0) is 12.1 Å². The number of amides is 1. The van der Waals surface area contributed by atoms with Gasteiger partial charge in [-0.3, -0.25) is 4.79 Å². The van der Waals surface area contributed by atoms with Crippen molar-refractivity contribution in [2.24, 2.45) is 5.73 Å². The van der Waals surface area contributed by atoms with Gasteiger partial charge in [-0.2, -0.15) is 0 Å². The minimum absolute atomic E-state index is 0.336. The topological polar surface area (TPSA) is 86.5 Å². The number of nitrogens with zero attached hydrogens (tertiary/aromatic N) is 1. The summed E-state index contributed by atoms with van der Waals surface area (Å²) in [6.07, 6.45) is 1.08. The van der Waals surface area contributed by atoms with Gasteiger partial charge in [0.05, 0.1) is 12.1 Å². The molecule has 0 saturated heterocycles.